The van der Waals surface area contributed by atoms with E-state index in [0.29, 0.717) is 12.8 Å². The first-order valence-electron chi connectivity index (χ1n) is 10.7. The number of likely N-dealkylation sites (N-methyl/N-ethyl adjacent to an activating group) is 1. The maximum atomic E-state index is 12.4. The topological polar surface area (TPSA) is 160 Å². The second kappa shape index (κ2) is 13.8. The molecule has 32 heavy (non-hydrogen) atoms. The molecule has 7 N–H and O–H groups in total. The molecule has 0 fully saturated rings. The Morgan fingerprint density at radius 2 is 1.69 bits per heavy atom. The molecule has 1 rings (SSSR count). The molecule has 6 atom stereocenters. The van der Waals surface area contributed by atoms with Crippen molar-refractivity contribution >= 4 is 15.7 Å². The smallest absolute Gasteiger partial charge is 0.250 e. The van der Waals surface area contributed by atoms with Crippen molar-refractivity contribution in [2.75, 3.05) is 25.6 Å². The van der Waals surface area contributed by atoms with Crippen molar-refractivity contribution < 1.29 is 28.5 Å². The van der Waals surface area contributed by atoms with E-state index in [2.05, 4.69) is 21.3 Å². The first-order chi connectivity index (χ1) is 15.0. The summed E-state index contributed by atoms with van der Waals surface area (Å²) in [4.78, 5) is 12.4. The normalized spacial score (nSPS) is 17.7. The van der Waals surface area contributed by atoms with E-state index in [1.807, 2.05) is 44.2 Å². The highest BCUT2D eigenvalue weighted by molar-refractivity contribution is 7.90. The monoisotopic (exact) mass is 474 g/mol. The van der Waals surface area contributed by atoms with Gasteiger partial charge in [0.2, 0.25) is 0 Å². The van der Waals surface area contributed by atoms with E-state index in [9.17, 15) is 28.5 Å². The third-order valence-electron chi connectivity index (χ3n) is 5.08. The molecule has 0 radical (unpaired) electrons. The van der Waals surface area contributed by atoms with Crippen LogP contribution < -0.4 is 21.3 Å². The Morgan fingerprint density at radius 3 is 2.22 bits per heavy atom. The molecule has 11 heteroatoms. The van der Waals surface area contributed by atoms with Crippen LogP contribution in [0.3, 0.4) is 0 Å². The number of rotatable bonds is 15. The van der Waals surface area contributed by atoms with E-state index in [1.54, 1.807) is 0 Å². The Hall–Kier alpha value is -1.60. The molecule has 6 unspecified atom stereocenters. The number of benzene rings is 1. The number of hydrogen-bond acceptors (Lipinski definition) is 9. The Kier molecular flexibility index (Phi) is 12.3. The Balaban J connectivity index is 2.63. The van der Waals surface area contributed by atoms with Crippen molar-refractivity contribution in [2.45, 2.75) is 63.4 Å². The van der Waals surface area contributed by atoms with Gasteiger partial charge in [0.15, 0.2) is 0 Å². The van der Waals surface area contributed by atoms with Crippen LogP contribution in [-0.4, -0.2) is 85.9 Å². The zero-order chi connectivity index (χ0) is 24.3. The third-order valence-corrected chi connectivity index (χ3v) is 6.04. The van der Waals surface area contributed by atoms with E-state index >= 15 is 0 Å². The van der Waals surface area contributed by atoms with Gasteiger partial charge in [-0.3, -0.25) is 15.4 Å². The molecule has 0 spiro atoms. The molecule has 10 nitrogen and oxygen atoms in total. The summed E-state index contributed by atoms with van der Waals surface area (Å²) in [5.74, 6) is -1.02. The van der Waals surface area contributed by atoms with Crippen LogP contribution in [-0.2, 0) is 14.6 Å². The molecular weight excluding hydrogens is 436 g/mol. The summed E-state index contributed by atoms with van der Waals surface area (Å²) in [6.07, 6.45) is -1.79. The van der Waals surface area contributed by atoms with Crippen molar-refractivity contribution in [3.63, 3.8) is 0 Å². The fraction of sp³-hybridized carbons (Fsp3) is 0.667. The first-order valence-corrected chi connectivity index (χ1v) is 12.8. The number of carbonyl (C=O) groups excluding carboxylic acids is 1. The highest BCUT2D eigenvalue weighted by Gasteiger charge is 2.30. The number of carbonyl (C=O) groups is 1. The Labute approximate surface area is 190 Å². The number of amides is 1. The van der Waals surface area contributed by atoms with Gasteiger partial charge in [0.25, 0.3) is 5.91 Å². The van der Waals surface area contributed by atoms with Gasteiger partial charge in [-0.1, -0.05) is 43.7 Å². The summed E-state index contributed by atoms with van der Waals surface area (Å²) in [5.41, 5.74) is 0.979. The molecule has 0 saturated carbocycles. The predicted molar refractivity (Wildman–Crippen MR) is 123 cm³/mol. The number of aliphatic hydroxyl groups is 3. The average molecular weight is 475 g/mol. The lowest BCUT2D eigenvalue weighted by molar-refractivity contribution is -0.132. The predicted octanol–water partition coefficient (Wildman–Crippen LogP) is -1.16. The lowest BCUT2D eigenvalue weighted by Crippen LogP contribution is -2.58. The van der Waals surface area contributed by atoms with Gasteiger partial charge in [-0.2, -0.15) is 0 Å². The van der Waals surface area contributed by atoms with Gasteiger partial charge in [-0.25, -0.2) is 8.42 Å². The molecule has 0 aliphatic rings. The Morgan fingerprint density at radius 1 is 1.06 bits per heavy atom. The number of hydrogen-bond donors (Lipinski definition) is 7. The standard InChI is InChI=1S/C21H38N4O6S/c1-5-9-16(25-20(28)17(22-3)13-32(4,30)31)19(27)21(29)23-12-18(26)24-14(2)15-10-7-6-8-11-15/h6-8,10-11,14,16-20,22,24-28H,5,9,12-13H2,1-4H3,(H,23,29). The fourth-order valence-electron chi connectivity index (χ4n) is 3.31. The van der Waals surface area contributed by atoms with Crippen molar-refractivity contribution in [1.29, 1.82) is 0 Å². The van der Waals surface area contributed by atoms with Crippen LogP contribution in [0.1, 0.15) is 38.3 Å². The fourth-order valence-corrected chi connectivity index (χ4v) is 4.31. The Bertz CT molecular complexity index is 780. The van der Waals surface area contributed by atoms with Crippen LogP contribution in [0.4, 0.5) is 0 Å². The minimum Gasteiger partial charge on any atom is -0.382 e. The second-order valence-electron chi connectivity index (χ2n) is 8.00. The minimum absolute atomic E-state index is 0.123. The molecule has 0 aromatic heterocycles. The third kappa shape index (κ3) is 10.3. The minimum atomic E-state index is -3.35. The second-order valence-corrected chi connectivity index (χ2v) is 10.2. The van der Waals surface area contributed by atoms with E-state index in [-0.39, 0.29) is 18.3 Å². The highest BCUT2D eigenvalue weighted by atomic mass is 32.2. The van der Waals surface area contributed by atoms with Gasteiger partial charge in [0.05, 0.1) is 18.3 Å². The number of nitrogens with one attached hydrogen (secondary N) is 4. The molecule has 1 amide bonds. The number of sulfone groups is 1. The van der Waals surface area contributed by atoms with Gasteiger partial charge < -0.3 is 26.0 Å². The quantitative estimate of drug-likeness (QED) is 0.156. The van der Waals surface area contributed by atoms with Crippen molar-refractivity contribution in [1.82, 2.24) is 21.3 Å². The van der Waals surface area contributed by atoms with E-state index in [1.165, 1.54) is 7.05 Å². The van der Waals surface area contributed by atoms with E-state index in [0.717, 1.165) is 11.8 Å². The maximum Gasteiger partial charge on any atom is 0.250 e. The molecule has 0 bridgehead atoms. The van der Waals surface area contributed by atoms with Crippen molar-refractivity contribution in [3.05, 3.63) is 35.9 Å². The molecular formula is C21H38N4O6S. The first kappa shape index (κ1) is 28.4. The molecule has 0 heterocycles. The van der Waals surface area contributed by atoms with Crippen molar-refractivity contribution in [3.8, 4) is 0 Å². The summed E-state index contributed by atoms with van der Waals surface area (Å²) >= 11 is 0. The van der Waals surface area contributed by atoms with Crippen LogP contribution in [0.25, 0.3) is 0 Å². The van der Waals surface area contributed by atoms with Gasteiger partial charge in [0, 0.05) is 18.3 Å². The van der Waals surface area contributed by atoms with E-state index in [4.69, 9.17) is 0 Å². The SMILES string of the molecule is CCCC(NC(O)C(CS(C)(=O)=O)NC)C(O)C(=O)NCC(O)NC(C)c1ccccc1. The van der Waals surface area contributed by atoms with Crippen LogP contribution >= 0.6 is 0 Å². The molecule has 0 aliphatic carbocycles. The van der Waals surface area contributed by atoms with Crippen LogP contribution in [0.5, 0.6) is 0 Å². The lowest BCUT2D eigenvalue weighted by Gasteiger charge is -2.30. The average Bonchev–Trinajstić information content (AvgIpc) is 2.74. The number of aliphatic hydroxyl groups excluding tert-OH is 3. The summed E-state index contributed by atoms with van der Waals surface area (Å²) in [6.45, 7) is 3.62. The van der Waals surface area contributed by atoms with Crippen LogP contribution in [0, 0.1) is 0 Å². The summed E-state index contributed by atoms with van der Waals surface area (Å²) in [5, 5.41) is 42.0. The molecule has 1 aromatic rings. The molecule has 0 aliphatic heterocycles. The van der Waals surface area contributed by atoms with Gasteiger partial charge in [-0.15, -0.1) is 0 Å². The van der Waals surface area contributed by atoms with E-state index < -0.39 is 46.4 Å². The summed E-state index contributed by atoms with van der Waals surface area (Å²) < 4.78 is 23.1. The lowest BCUT2D eigenvalue weighted by atomic mass is 10.0. The highest BCUT2D eigenvalue weighted by Crippen LogP contribution is 2.11. The molecule has 0 saturated heterocycles. The largest absolute Gasteiger partial charge is 0.382 e. The summed E-state index contributed by atoms with van der Waals surface area (Å²) in [7, 11) is -1.84. The maximum absolute atomic E-state index is 12.4. The van der Waals surface area contributed by atoms with Crippen LogP contribution in [0.2, 0.25) is 0 Å². The zero-order valence-electron chi connectivity index (χ0n) is 19.2. The van der Waals surface area contributed by atoms with Gasteiger partial charge in [-0.05, 0) is 26.0 Å². The summed E-state index contributed by atoms with van der Waals surface area (Å²) in [6, 6.07) is 7.74. The van der Waals surface area contributed by atoms with Crippen molar-refractivity contribution in [2.24, 2.45) is 0 Å². The molecule has 184 valence electrons. The molecule has 1 aromatic carbocycles. The van der Waals surface area contributed by atoms with Gasteiger partial charge in [0.1, 0.15) is 28.4 Å². The van der Waals surface area contributed by atoms with Gasteiger partial charge >= 0.3 is 0 Å². The van der Waals surface area contributed by atoms with Crippen LogP contribution in [0.15, 0.2) is 30.3 Å². The zero-order valence-corrected chi connectivity index (χ0v) is 20.0.